The Kier molecular flexibility index (Phi) is 3.84. The summed E-state index contributed by atoms with van der Waals surface area (Å²) in [5.74, 6) is 3.70. The minimum absolute atomic E-state index is 0.656. The first kappa shape index (κ1) is 15.1. The first-order chi connectivity index (χ1) is 11.2. The minimum atomic E-state index is 0.656. The van der Waals surface area contributed by atoms with E-state index in [9.17, 15) is 0 Å². The Balaban J connectivity index is 1.72. The van der Waals surface area contributed by atoms with Gasteiger partial charge in [0.25, 0.3) is 0 Å². The zero-order valence-corrected chi connectivity index (χ0v) is 14.5. The Morgan fingerprint density at radius 1 is 1.26 bits per heavy atom. The van der Waals surface area contributed by atoms with Gasteiger partial charge in [-0.1, -0.05) is 18.5 Å². The summed E-state index contributed by atoms with van der Waals surface area (Å²) in [6, 6.07) is 6.48. The molecule has 122 valence electrons. The van der Waals surface area contributed by atoms with Gasteiger partial charge in [0.05, 0.1) is 17.8 Å². The van der Waals surface area contributed by atoms with Crippen LogP contribution < -0.4 is 4.74 Å². The third kappa shape index (κ3) is 2.87. The molecule has 4 heteroatoms. The lowest BCUT2D eigenvalue weighted by molar-refractivity contribution is 0.384. The molecule has 2 saturated carbocycles. The van der Waals surface area contributed by atoms with Crippen LogP contribution in [-0.4, -0.2) is 16.7 Å². The Morgan fingerprint density at radius 3 is 2.48 bits per heavy atom. The molecule has 0 spiro atoms. The quantitative estimate of drug-likeness (QED) is 0.733. The Morgan fingerprint density at radius 2 is 1.96 bits per heavy atom. The topological polar surface area (TPSA) is 27.1 Å². The summed E-state index contributed by atoms with van der Waals surface area (Å²) in [5, 5.41) is 0.700. The van der Waals surface area contributed by atoms with Crippen molar-refractivity contribution in [1.82, 2.24) is 9.55 Å². The number of rotatable bonds is 6. The molecule has 4 rings (SSSR count). The zero-order chi connectivity index (χ0) is 16.0. The molecule has 2 fully saturated rings. The molecule has 3 nitrogen and oxygen atoms in total. The molecule has 0 amide bonds. The van der Waals surface area contributed by atoms with Crippen molar-refractivity contribution >= 4 is 11.6 Å². The maximum Gasteiger partial charge on any atom is 0.120 e. The number of hydrogen-bond acceptors (Lipinski definition) is 2. The van der Waals surface area contributed by atoms with Crippen molar-refractivity contribution in [2.45, 2.75) is 45.1 Å². The van der Waals surface area contributed by atoms with E-state index in [1.54, 1.807) is 7.11 Å². The SMILES string of the molecule is CCc1nc(-c2ccc(OC)cc2Cl)cn1C(C1CC1)C1CC1. The third-order valence-corrected chi connectivity index (χ3v) is 5.42. The van der Waals surface area contributed by atoms with Crippen LogP contribution in [0.15, 0.2) is 24.4 Å². The van der Waals surface area contributed by atoms with Crippen LogP contribution in [0.2, 0.25) is 5.02 Å². The first-order valence-electron chi connectivity index (χ1n) is 8.63. The smallest absolute Gasteiger partial charge is 0.120 e. The van der Waals surface area contributed by atoms with Crippen LogP contribution in [0.4, 0.5) is 0 Å². The summed E-state index contributed by atoms with van der Waals surface area (Å²) in [7, 11) is 1.66. The summed E-state index contributed by atoms with van der Waals surface area (Å²) < 4.78 is 7.71. The number of nitrogens with zero attached hydrogens (tertiary/aromatic N) is 2. The molecule has 1 aromatic heterocycles. The molecule has 0 saturated heterocycles. The molecule has 2 aromatic rings. The number of imidazole rings is 1. The average molecular weight is 331 g/mol. The largest absolute Gasteiger partial charge is 0.497 e. The summed E-state index contributed by atoms with van der Waals surface area (Å²) in [6.07, 6.45) is 8.70. The van der Waals surface area contributed by atoms with Crippen LogP contribution in [0.5, 0.6) is 5.75 Å². The highest BCUT2D eigenvalue weighted by Crippen LogP contribution is 2.52. The number of benzene rings is 1. The lowest BCUT2D eigenvalue weighted by atomic mass is 10.1. The highest BCUT2D eigenvalue weighted by molar-refractivity contribution is 6.33. The van der Waals surface area contributed by atoms with E-state index in [1.807, 2.05) is 18.2 Å². The van der Waals surface area contributed by atoms with Crippen molar-refractivity contribution in [1.29, 1.82) is 0 Å². The van der Waals surface area contributed by atoms with Gasteiger partial charge in [-0.15, -0.1) is 0 Å². The predicted molar refractivity (Wildman–Crippen MR) is 93.1 cm³/mol. The number of aromatic nitrogens is 2. The van der Waals surface area contributed by atoms with E-state index in [-0.39, 0.29) is 0 Å². The van der Waals surface area contributed by atoms with Gasteiger partial charge < -0.3 is 9.30 Å². The standard InChI is InChI=1S/C19H23ClN2O/c1-3-18-21-17(15-9-8-14(23-2)10-16(15)20)11-22(18)19(12-4-5-12)13-6-7-13/h8-13,19H,3-7H2,1-2H3. The summed E-state index contributed by atoms with van der Waals surface area (Å²) in [4.78, 5) is 4.89. The van der Waals surface area contributed by atoms with Gasteiger partial charge in [0.1, 0.15) is 11.6 Å². The summed E-state index contributed by atoms with van der Waals surface area (Å²) in [6.45, 7) is 2.19. The zero-order valence-electron chi connectivity index (χ0n) is 13.8. The Labute approximate surface area is 142 Å². The summed E-state index contributed by atoms with van der Waals surface area (Å²) in [5.41, 5.74) is 1.98. The molecular formula is C19H23ClN2O. The fraction of sp³-hybridized carbons (Fsp3) is 0.526. The van der Waals surface area contributed by atoms with Gasteiger partial charge in [0.2, 0.25) is 0 Å². The maximum atomic E-state index is 6.45. The monoisotopic (exact) mass is 330 g/mol. The number of ether oxygens (including phenoxy) is 1. The fourth-order valence-electron chi connectivity index (χ4n) is 3.63. The lowest BCUT2D eigenvalue weighted by Crippen LogP contribution is -2.15. The van der Waals surface area contributed by atoms with Gasteiger partial charge in [0, 0.05) is 24.2 Å². The van der Waals surface area contributed by atoms with E-state index in [1.165, 1.54) is 31.5 Å². The van der Waals surface area contributed by atoms with Crippen LogP contribution in [0.3, 0.4) is 0 Å². The number of methoxy groups -OCH3 is 1. The van der Waals surface area contributed by atoms with Gasteiger partial charge in [-0.25, -0.2) is 4.98 Å². The van der Waals surface area contributed by atoms with Gasteiger partial charge in [-0.3, -0.25) is 0 Å². The van der Waals surface area contributed by atoms with Crippen molar-refractivity contribution < 1.29 is 4.74 Å². The third-order valence-electron chi connectivity index (χ3n) is 5.11. The Bertz CT molecular complexity index is 704. The molecule has 0 aliphatic heterocycles. The van der Waals surface area contributed by atoms with Crippen LogP contribution in [0.25, 0.3) is 11.3 Å². The number of hydrogen-bond donors (Lipinski definition) is 0. The molecular weight excluding hydrogens is 308 g/mol. The predicted octanol–water partition coefficient (Wildman–Crippen LogP) is 5.14. The maximum absolute atomic E-state index is 6.45. The van der Waals surface area contributed by atoms with Crippen molar-refractivity contribution in [2.24, 2.45) is 11.8 Å². The van der Waals surface area contributed by atoms with Crippen molar-refractivity contribution in [2.75, 3.05) is 7.11 Å². The van der Waals surface area contributed by atoms with E-state index in [0.29, 0.717) is 11.1 Å². The molecule has 0 atom stereocenters. The molecule has 1 aromatic carbocycles. The van der Waals surface area contributed by atoms with Crippen LogP contribution in [0, 0.1) is 11.8 Å². The fourth-order valence-corrected chi connectivity index (χ4v) is 3.89. The molecule has 0 radical (unpaired) electrons. The van der Waals surface area contributed by atoms with E-state index in [0.717, 1.165) is 35.3 Å². The molecule has 0 bridgehead atoms. The minimum Gasteiger partial charge on any atom is -0.497 e. The van der Waals surface area contributed by atoms with Crippen LogP contribution in [0.1, 0.15) is 44.5 Å². The van der Waals surface area contributed by atoms with Crippen LogP contribution >= 0.6 is 11.6 Å². The highest BCUT2D eigenvalue weighted by atomic mass is 35.5. The molecule has 2 aliphatic rings. The van der Waals surface area contributed by atoms with Gasteiger partial charge in [-0.2, -0.15) is 0 Å². The molecule has 23 heavy (non-hydrogen) atoms. The van der Waals surface area contributed by atoms with Crippen molar-refractivity contribution in [3.05, 3.63) is 35.2 Å². The normalized spacial score (nSPS) is 17.7. The summed E-state index contributed by atoms with van der Waals surface area (Å²) >= 11 is 6.45. The Hall–Kier alpha value is -1.48. The molecule has 0 unspecified atom stereocenters. The van der Waals surface area contributed by atoms with Crippen molar-refractivity contribution in [3.8, 4) is 17.0 Å². The highest BCUT2D eigenvalue weighted by Gasteiger charge is 2.43. The van der Waals surface area contributed by atoms with E-state index in [2.05, 4.69) is 17.7 Å². The van der Waals surface area contributed by atoms with E-state index in [4.69, 9.17) is 21.3 Å². The van der Waals surface area contributed by atoms with Gasteiger partial charge in [-0.05, 0) is 55.7 Å². The number of aryl methyl sites for hydroxylation is 1. The van der Waals surface area contributed by atoms with Crippen molar-refractivity contribution in [3.63, 3.8) is 0 Å². The van der Waals surface area contributed by atoms with Gasteiger partial charge >= 0.3 is 0 Å². The average Bonchev–Trinajstić information content (AvgIpc) is 3.47. The van der Waals surface area contributed by atoms with Crippen LogP contribution in [-0.2, 0) is 6.42 Å². The first-order valence-corrected chi connectivity index (χ1v) is 9.00. The van der Waals surface area contributed by atoms with E-state index < -0.39 is 0 Å². The van der Waals surface area contributed by atoms with Gasteiger partial charge in [0.15, 0.2) is 0 Å². The molecule has 1 heterocycles. The second kappa shape index (κ2) is 5.86. The number of halogens is 1. The molecule has 2 aliphatic carbocycles. The molecule has 0 N–H and O–H groups in total. The lowest BCUT2D eigenvalue weighted by Gasteiger charge is -2.19. The van der Waals surface area contributed by atoms with E-state index >= 15 is 0 Å². The second-order valence-electron chi connectivity index (χ2n) is 6.81. The second-order valence-corrected chi connectivity index (χ2v) is 7.22.